The molecule has 4 rings (SSSR count). The van der Waals surface area contributed by atoms with Gasteiger partial charge in [0.15, 0.2) is 5.82 Å². The first kappa shape index (κ1) is 19.5. The largest absolute Gasteiger partial charge is 0.353 e. The van der Waals surface area contributed by atoms with Gasteiger partial charge in [-0.3, -0.25) is 4.21 Å². The smallest absolute Gasteiger partial charge is 0.225 e. The van der Waals surface area contributed by atoms with Crippen LogP contribution in [0.4, 0.5) is 5.82 Å². The summed E-state index contributed by atoms with van der Waals surface area (Å²) in [5.41, 5.74) is 2.73. The average molecular weight is 434 g/mol. The average Bonchev–Trinajstić information content (AvgIpc) is 2.72. The molecule has 0 aliphatic carbocycles. The van der Waals surface area contributed by atoms with Gasteiger partial charge in [0.05, 0.1) is 0 Å². The van der Waals surface area contributed by atoms with Crippen molar-refractivity contribution in [2.75, 3.05) is 35.2 Å². The molecule has 2 aromatic heterocycles. The first-order chi connectivity index (χ1) is 13.7. The van der Waals surface area contributed by atoms with Crippen molar-refractivity contribution in [1.82, 2.24) is 19.9 Å². The zero-order valence-electron chi connectivity index (χ0n) is 15.3. The van der Waals surface area contributed by atoms with Crippen LogP contribution >= 0.6 is 23.4 Å². The molecule has 9 heteroatoms. The Morgan fingerprint density at radius 3 is 2.64 bits per heavy atom. The van der Waals surface area contributed by atoms with Gasteiger partial charge in [0.25, 0.3) is 0 Å². The lowest BCUT2D eigenvalue weighted by molar-refractivity contribution is 0.672. The molecular weight excluding hydrogens is 414 g/mol. The standard InChI is InChI=1S/C19H20ClN5OS2/c20-19-23-16-15(17(24-19)25-8-11-28(26)12-9-25)21-13-22-18(16)27-10-4-7-14-5-2-1-3-6-14/h1-3,5-6,13H,4,7-12H2. The number of thioether (sulfide) groups is 1. The lowest BCUT2D eigenvalue weighted by Gasteiger charge is -2.27. The Labute approximate surface area is 175 Å². The van der Waals surface area contributed by atoms with Crippen molar-refractivity contribution in [3.05, 3.63) is 47.5 Å². The van der Waals surface area contributed by atoms with Gasteiger partial charge in [-0.15, -0.1) is 11.8 Å². The molecule has 0 radical (unpaired) electrons. The van der Waals surface area contributed by atoms with Crippen molar-refractivity contribution < 1.29 is 4.21 Å². The lowest BCUT2D eigenvalue weighted by atomic mass is 10.1. The first-order valence-corrected chi connectivity index (χ1v) is 12.0. The molecule has 1 aromatic carbocycles. The van der Waals surface area contributed by atoms with Crippen LogP contribution in [0.25, 0.3) is 11.0 Å². The number of halogens is 1. The van der Waals surface area contributed by atoms with Gasteiger partial charge < -0.3 is 4.90 Å². The van der Waals surface area contributed by atoms with Crippen LogP contribution in [0.1, 0.15) is 12.0 Å². The Morgan fingerprint density at radius 2 is 1.86 bits per heavy atom. The zero-order valence-corrected chi connectivity index (χ0v) is 17.6. The van der Waals surface area contributed by atoms with E-state index in [0.29, 0.717) is 41.4 Å². The summed E-state index contributed by atoms with van der Waals surface area (Å²) < 4.78 is 11.7. The summed E-state index contributed by atoms with van der Waals surface area (Å²) >= 11 is 7.88. The number of hydrogen-bond acceptors (Lipinski definition) is 7. The van der Waals surface area contributed by atoms with Gasteiger partial charge in [0.1, 0.15) is 22.4 Å². The number of hydrogen-bond donors (Lipinski definition) is 0. The summed E-state index contributed by atoms with van der Waals surface area (Å²) in [5.74, 6) is 2.91. The minimum atomic E-state index is -0.754. The monoisotopic (exact) mass is 433 g/mol. The number of benzene rings is 1. The Bertz CT molecular complexity index is 979. The fourth-order valence-electron chi connectivity index (χ4n) is 3.15. The molecule has 6 nitrogen and oxygen atoms in total. The fourth-order valence-corrected chi connectivity index (χ4v) is 5.25. The third kappa shape index (κ3) is 4.61. The van der Waals surface area contributed by atoms with Crippen molar-refractivity contribution in [2.24, 2.45) is 0 Å². The molecule has 146 valence electrons. The first-order valence-electron chi connectivity index (χ1n) is 9.15. The minimum absolute atomic E-state index is 0.190. The van der Waals surface area contributed by atoms with E-state index >= 15 is 0 Å². The summed E-state index contributed by atoms with van der Waals surface area (Å²) in [5, 5.41) is 1.01. The van der Waals surface area contributed by atoms with Crippen molar-refractivity contribution >= 4 is 51.0 Å². The van der Waals surface area contributed by atoms with Crippen molar-refractivity contribution in [3.8, 4) is 0 Å². The molecule has 1 fully saturated rings. The van der Waals surface area contributed by atoms with Crippen LogP contribution in [-0.2, 0) is 17.2 Å². The van der Waals surface area contributed by atoms with Crippen LogP contribution in [0.3, 0.4) is 0 Å². The maximum absolute atomic E-state index is 11.7. The molecular formula is C19H20ClN5OS2. The van der Waals surface area contributed by atoms with Gasteiger partial charge in [0, 0.05) is 35.4 Å². The minimum Gasteiger partial charge on any atom is -0.353 e. The van der Waals surface area contributed by atoms with Crippen LogP contribution in [0.2, 0.25) is 5.28 Å². The number of nitrogens with zero attached hydrogens (tertiary/aromatic N) is 5. The van der Waals surface area contributed by atoms with E-state index in [1.165, 1.54) is 5.56 Å². The number of rotatable bonds is 6. The normalized spacial score (nSPS) is 15.2. The second-order valence-electron chi connectivity index (χ2n) is 6.47. The van der Waals surface area contributed by atoms with Crippen molar-refractivity contribution in [2.45, 2.75) is 17.9 Å². The zero-order chi connectivity index (χ0) is 19.3. The molecule has 1 saturated heterocycles. The number of fused-ring (bicyclic) bond motifs is 1. The highest BCUT2D eigenvalue weighted by atomic mass is 35.5. The van der Waals surface area contributed by atoms with Gasteiger partial charge >= 0.3 is 0 Å². The number of aryl methyl sites for hydroxylation is 1. The molecule has 1 aliphatic rings. The Kier molecular flexibility index (Phi) is 6.39. The summed E-state index contributed by atoms with van der Waals surface area (Å²) in [6.45, 7) is 1.36. The van der Waals surface area contributed by atoms with Crippen molar-refractivity contribution in [3.63, 3.8) is 0 Å². The highest BCUT2D eigenvalue weighted by molar-refractivity contribution is 7.99. The van der Waals surface area contributed by atoms with Crippen LogP contribution in [0.5, 0.6) is 0 Å². The molecule has 3 heterocycles. The van der Waals surface area contributed by atoms with E-state index in [0.717, 1.165) is 23.6 Å². The van der Waals surface area contributed by atoms with Crippen LogP contribution in [-0.4, -0.2) is 54.5 Å². The molecule has 1 aliphatic heterocycles. The van der Waals surface area contributed by atoms with Gasteiger partial charge in [-0.2, -0.15) is 4.98 Å². The molecule has 28 heavy (non-hydrogen) atoms. The summed E-state index contributed by atoms with van der Waals surface area (Å²) in [6, 6.07) is 10.5. The van der Waals surface area contributed by atoms with E-state index in [2.05, 4.69) is 49.1 Å². The maximum Gasteiger partial charge on any atom is 0.225 e. The van der Waals surface area contributed by atoms with E-state index in [1.807, 2.05) is 6.07 Å². The van der Waals surface area contributed by atoms with E-state index in [-0.39, 0.29) is 5.28 Å². The Balaban J connectivity index is 1.52. The van der Waals surface area contributed by atoms with Crippen LogP contribution < -0.4 is 4.90 Å². The van der Waals surface area contributed by atoms with E-state index in [4.69, 9.17) is 11.6 Å². The SMILES string of the molecule is O=S1CCN(c2nc(Cl)nc3c(SCCCc4ccccc4)ncnc23)CC1. The van der Waals surface area contributed by atoms with Crippen LogP contribution in [0, 0.1) is 0 Å². The second-order valence-corrected chi connectivity index (χ2v) is 9.58. The molecule has 0 unspecified atom stereocenters. The summed E-state index contributed by atoms with van der Waals surface area (Å²) in [6.07, 6.45) is 3.64. The summed E-state index contributed by atoms with van der Waals surface area (Å²) in [4.78, 5) is 19.8. The molecule has 0 N–H and O–H groups in total. The highest BCUT2D eigenvalue weighted by Crippen LogP contribution is 2.30. The van der Waals surface area contributed by atoms with Gasteiger partial charge in [0.2, 0.25) is 5.28 Å². The van der Waals surface area contributed by atoms with Gasteiger partial charge in [-0.1, -0.05) is 30.3 Å². The van der Waals surface area contributed by atoms with Gasteiger partial charge in [-0.05, 0) is 35.8 Å². The molecule has 0 atom stereocenters. The predicted octanol–water partition coefficient (Wildman–Crippen LogP) is 3.37. The highest BCUT2D eigenvalue weighted by Gasteiger charge is 2.22. The van der Waals surface area contributed by atoms with E-state index in [9.17, 15) is 4.21 Å². The maximum atomic E-state index is 11.7. The lowest BCUT2D eigenvalue weighted by Crippen LogP contribution is -2.38. The van der Waals surface area contributed by atoms with Gasteiger partial charge in [-0.25, -0.2) is 15.0 Å². The quantitative estimate of drug-likeness (QED) is 0.255. The number of anilines is 1. The Hall–Kier alpha value is -1.77. The molecule has 0 bridgehead atoms. The molecule has 3 aromatic rings. The summed E-state index contributed by atoms with van der Waals surface area (Å²) in [7, 11) is -0.754. The van der Waals surface area contributed by atoms with E-state index < -0.39 is 10.8 Å². The predicted molar refractivity (Wildman–Crippen MR) is 116 cm³/mol. The van der Waals surface area contributed by atoms with Crippen molar-refractivity contribution in [1.29, 1.82) is 0 Å². The number of aromatic nitrogens is 4. The third-order valence-electron chi connectivity index (χ3n) is 4.57. The topological polar surface area (TPSA) is 71.9 Å². The molecule has 0 spiro atoms. The van der Waals surface area contributed by atoms with Crippen LogP contribution in [0.15, 0.2) is 41.7 Å². The second kappa shape index (κ2) is 9.15. The Morgan fingerprint density at radius 1 is 1.07 bits per heavy atom. The third-order valence-corrected chi connectivity index (χ3v) is 7.08. The fraction of sp³-hybridized carbons (Fsp3) is 0.368. The molecule has 0 amide bonds. The molecule has 0 saturated carbocycles. The van der Waals surface area contributed by atoms with E-state index in [1.54, 1.807) is 18.1 Å².